The van der Waals surface area contributed by atoms with Gasteiger partial charge in [-0.1, -0.05) is 29.3 Å². The maximum Gasteiger partial charge on any atom is 0.258 e. The minimum atomic E-state index is -0.221. The van der Waals surface area contributed by atoms with E-state index in [1.54, 1.807) is 23.5 Å². The highest BCUT2D eigenvalue weighted by Crippen LogP contribution is 2.24. The van der Waals surface area contributed by atoms with Crippen molar-refractivity contribution in [2.75, 3.05) is 0 Å². The monoisotopic (exact) mass is 310 g/mol. The largest absolute Gasteiger partial charge is 0.310 e. The van der Waals surface area contributed by atoms with Gasteiger partial charge in [0.25, 0.3) is 5.56 Å². The van der Waals surface area contributed by atoms with Gasteiger partial charge in [0, 0.05) is 16.3 Å². The zero-order chi connectivity index (χ0) is 13.4. The second-order valence-corrected chi connectivity index (χ2v) is 5.93. The molecular formula is C13H8Cl2N2OS. The summed E-state index contributed by atoms with van der Waals surface area (Å²) in [5.74, 6) is 0.601. The SMILES string of the molecule is O=c1[nH]c(Cc2cccs2)nc2c(Cl)cc(Cl)cc12. The Morgan fingerprint density at radius 3 is 2.89 bits per heavy atom. The van der Waals surface area contributed by atoms with Crippen molar-refractivity contribution in [3.05, 3.63) is 60.7 Å². The summed E-state index contributed by atoms with van der Waals surface area (Å²) in [5.41, 5.74) is 0.266. The van der Waals surface area contributed by atoms with Gasteiger partial charge in [-0.3, -0.25) is 4.79 Å². The van der Waals surface area contributed by atoms with Crippen molar-refractivity contribution in [1.29, 1.82) is 0 Å². The number of aromatic nitrogens is 2. The summed E-state index contributed by atoms with van der Waals surface area (Å²) in [6, 6.07) is 7.13. The van der Waals surface area contributed by atoms with E-state index < -0.39 is 0 Å². The Morgan fingerprint density at radius 2 is 2.16 bits per heavy atom. The lowest BCUT2D eigenvalue weighted by Crippen LogP contribution is -2.12. The van der Waals surface area contributed by atoms with Crippen LogP contribution in [0, 0.1) is 0 Å². The Bertz CT molecular complexity index is 796. The normalized spacial score (nSPS) is 11.1. The molecule has 0 saturated heterocycles. The third-order valence-corrected chi connectivity index (χ3v) is 4.08. The van der Waals surface area contributed by atoms with E-state index in [2.05, 4.69) is 9.97 Å². The van der Waals surface area contributed by atoms with Crippen LogP contribution >= 0.6 is 34.5 Å². The smallest absolute Gasteiger partial charge is 0.258 e. The number of aromatic amines is 1. The summed E-state index contributed by atoms with van der Waals surface area (Å²) in [6.45, 7) is 0. The van der Waals surface area contributed by atoms with E-state index in [1.807, 2.05) is 17.5 Å². The van der Waals surface area contributed by atoms with Gasteiger partial charge in [-0.15, -0.1) is 11.3 Å². The Labute approximate surface area is 122 Å². The second-order valence-electron chi connectivity index (χ2n) is 4.05. The van der Waals surface area contributed by atoms with Gasteiger partial charge in [0.05, 0.1) is 15.9 Å². The zero-order valence-electron chi connectivity index (χ0n) is 9.61. The van der Waals surface area contributed by atoms with Gasteiger partial charge in [0.15, 0.2) is 0 Å². The predicted molar refractivity (Wildman–Crippen MR) is 79.5 cm³/mol. The van der Waals surface area contributed by atoms with Crippen LogP contribution in [0.5, 0.6) is 0 Å². The molecule has 0 spiro atoms. The molecule has 0 bridgehead atoms. The summed E-state index contributed by atoms with van der Waals surface area (Å²) in [4.78, 5) is 20.3. The van der Waals surface area contributed by atoms with Crippen LogP contribution in [0.4, 0.5) is 0 Å². The summed E-state index contributed by atoms with van der Waals surface area (Å²) in [6.07, 6.45) is 0.585. The summed E-state index contributed by atoms with van der Waals surface area (Å²) < 4.78 is 0. The molecule has 96 valence electrons. The van der Waals surface area contributed by atoms with Gasteiger partial charge >= 0.3 is 0 Å². The van der Waals surface area contributed by atoms with Gasteiger partial charge in [-0.05, 0) is 23.6 Å². The summed E-state index contributed by atoms with van der Waals surface area (Å²) in [5, 5.41) is 3.21. The van der Waals surface area contributed by atoms with Gasteiger partial charge in [-0.25, -0.2) is 4.98 Å². The quantitative estimate of drug-likeness (QED) is 0.780. The molecule has 3 nitrogen and oxygen atoms in total. The summed E-state index contributed by atoms with van der Waals surface area (Å²) in [7, 11) is 0. The molecule has 0 unspecified atom stereocenters. The number of benzene rings is 1. The maximum atomic E-state index is 12.0. The highest BCUT2D eigenvalue weighted by atomic mass is 35.5. The van der Waals surface area contributed by atoms with E-state index in [9.17, 15) is 4.79 Å². The fourth-order valence-corrected chi connectivity index (χ4v) is 3.12. The van der Waals surface area contributed by atoms with Crippen LogP contribution in [-0.2, 0) is 6.42 Å². The number of nitrogens with one attached hydrogen (secondary N) is 1. The molecule has 1 aromatic carbocycles. The number of thiophene rings is 1. The molecule has 2 heterocycles. The Balaban J connectivity index is 2.16. The minimum absolute atomic E-state index is 0.221. The van der Waals surface area contributed by atoms with Crippen LogP contribution in [0.15, 0.2) is 34.4 Å². The lowest BCUT2D eigenvalue weighted by atomic mass is 10.2. The number of nitrogens with zero attached hydrogens (tertiary/aromatic N) is 1. The molecule has 6 heteroatoms. The fourth-order valence-electron chi connectivity index (χ4n) is 1.88. The number of fused-ring (bicyclic) bond motifs is 1. The molecule has 3 aromatic rings. The first kappa shape index (κ1) is 12.7. The van der Waals surface area contributed by atoms with Crippen molar-refractivity contribution in [3.63, 3.8) is 0 Å². The van der Waals surface area contributed by atoms with E-state index in [1.165, 1.54) is 0 Å². The number of rotatable bonds is 2. The molecule has 0 saturated carbocycles. The molecule has 1 N–H and O–H groups in total. The molecule has 0 atom stereocenters. The van der Waals surface area contributed by atoms with Crippen LogP contribution < -0.4 is 5.56 Å². The van der Waals surface area contributed by atoms with Crippen molar-refractivity contribution in [2.45, 2.75) is 6.42 Å². The van der Waals surface area contributed by atoms with E-state index in [4.69, 9.17) is 23.2 Å². The van der Waals surface area contributed by atoms with Crippen molar-refractivity contribution >= 4 is 45.4 Å². The summed E-state index contributed by atoms with van der Waals surface area (Å²) >= 11 is 13.6. The maximum absolute atomic E-state index is 12.0. The predicted octanol–water partition coefficient (Wildman–Crippen LogP) is 3.88. The zero-order valence-corrected chi connectivity index (χ0v) is 11.9. The number of hydrogen-bond acceptors (Lipinski definition) is 3. The van der Waals surface area contributed by atoms with E-state index >= 15 is 0 Å². The average molecular weight is 311 g/mol. The van der Waals surface area contributed by atoms with Crippen molar-refractivity contribution in [1.82, 2.24) is 9.97 Å². The molecule has 0 aliphatic heterocycles. The molecule has 0 fully saturated rings. The number of H-pyrrole nitrogens is 1. The Kier molecular flexibility index (Phi) is 3.31. The van der Waals surface area contributed by atoms with Crippen molar-refractivity contribution in [2.24, 2.45) is 0 Å². The van der Waals surface area contributed by atoms with Gasteiger partial charge in [0.2, 0.25) is 0 Å². The third kappa shape index (κ3) is 2.52. The first-order valence-electron chi connectivity index (χ1n) is 5.54. The van der Waals surface area contributed by atoms with Crippen LogP contribution in [0.25, 0.3) is 10.9 Å². The second kappa shape index (κ2) is 4.96. The van der Waals surface area contributed by atoms with Crippen molar-refractivity contribution < 1.29 is 0 Å². The molecule has 0 aliphatic rings. The lowest BCUT2D eigenvalue weighted by Gasteiger charge is -2.04. The molecule has 0 amide bonds. The molecule has 0 radical (unpaired) electrons. The molecule has 3 rings (SSSR count). The van der Waals surface area contributed by atoms with Crippen LogP contribution in [0.2, 0.25) is 10.0 Å². The Morgan fingerprint density at radius 1 is 1.32 bits per heavy atom. The standard InChI is InChI=1S/C13H8Cl2N2OS/c14-7-4-9-12(10(15)5-7)16-11(17-13(9)18)6-8-2-1-3-19-8/h1-5H,6H2,(H,16,17,18). The highest BCUT2D eigenvalue weighted by molar-refractivity contribution is 7.09. The van der Waals surface area contributed by atoms with Crippen LogP contribution in [0.1, 0.15) is 10.7 Å². The van der Waals surface area contributed by atoms with Gasteiger partial charge < -0.3 is 4.98 Å². The molecule has 0 aliphatic carbocycles. The van der Waals surface area contributed by atoms with E-state index in [-0.39, 0.29) is 5.56 Å². The van der Waals surface area contributed by atoms with E-state index in [0.29, 0.717) is 33.2 Å². The first-order valence-corrected chi connectivity index (χ1v) is 7.17. The average Bonchev–Trinajstić information content (AvgIpc) is 2.84. The third-order valence-electron chi connectivity index (χ3n) is 2.70. The van der Waals surface area contributed by atoms with Gasteiger partial charge in [-0.2, -0.15) is 0 Å². The lowest BCUT2D eigenvalue weighted by molar-refractivity contribution is 0.986. The molecular weight excluding hydrogens is 303 g/mol. The fraction of sp³-hybridized carbons (Fsp3) is 0.0769. The molecule has 19 heavy (non-hydrogen) atoms. The number of hydrogen-bond donors (Lipinski definition) is 1. The van der Waals surface area contributed by atoms with Crippen LogP contribution in [0.3, 0.4) is 0 Å². The molecule has 2 aromatic heterocycles. The Hall–Kier alpha value is -1.36. The topological polar surface area (TPSA) is 45.8 Å². The minimum Gasteiger partial charge on any atom is -0.310 e. The van der Waals surface area contributed by atoms with Gasteiger partial charge in [0.1, 0.15) is 5.82 Å². The first-order chi connectivity index (χ1) is 9.13. The van der Waals surface area contributed by atoms with Crippen molar-refractivity contribution in [3.8, 4) is 0 Å². The van der Waals surface area contributed by atoms with Crippen LogP contribution in [-0.4, -0.2) is 9.97 Å². The van der Waals surface area contributed by atoms with E-state index in [0.717, 1.165) is 4.88 Å². The highest BCUT2D eigenvalue weighted by Gasteiger charge is 2.09. The number of halogens is 2.